The maximum absolute atomic E-state index is 13.8. The fourth-order valence-electron chi connectivity index (χ4n) is 4.09. The average Bonchev–Trinajstić information content (AvgIpc) is 3.28. The van der Waals surface area contributed by atoms with E-state index in [2.05, 4.69) is 0 Å². The number of ether oxygens (including phenoxy) is 2. The number of benzene rings is 2. The van der Waals surface area contributed by atoms with Crippen molar-refractivity contribution in [3.63, 3.8) is 0 Å². The number of hydrogen-bond acceptors (Lipinski definition) is 5. The van der Waals surface area contributed by atoms with Gasteiger partial charge in [0.25, 0.3) is 0 Å². The SMILES string of the molecule is COc1ccc(OC)c(C(=O)c2c3c(cc4cccn24)C(=O)c2ccccc2C3=O)c1. The molecule has 0 fully saturated rings. The van der Waals surface area contributed by atoms with Crippen molar-refractivity contribution >= 4 is 22.9 Å². The minimum absolute atomic E-state index is 0.0993. The molecule has 2 heterocycles. The zero-order valence-electron chi connectivity index (χ0n) is 16.8. The summed E-state index contributed by atoms with van der Waals surface area (Å²) in [4.78, 5) is 40.5. The van der Waals surface area contributed by atoms with Crippen LogP contribution in [0.1, 0.15) is 47.9 Å². The molecule has 5 rings (SSSR count). The Morgan fingerprint density at radius 3 is 2.26 bits per heavy atom. The number of ketones is 3. The second-order valence-corrected chi connectivity index (χ2v) is 7.18. The number of aromatic nitrogens is 1. The van der Waals surface area contributed by atoms with Crippen LogP contribution in [0.3, 0.4) is 0 Å². The summed E-state index contributed by atoms with van der Waals surface area (Å²) in [7, 11) is 2.97. The van der Waals surface area contributed by atoms with Crippen molar-refractivity contribution in [2.45, 2.75) is 0 Å². The third-order valence-electron chi connectivity index (χ3n) is 5.57. The zero-order valence-corrected chi connectivity index (χ0v) is 16.8. The molecular formula is C25H17NO5. The van der Waals surface area contributed by atoms with Gasteiger partial charge in [0.1, 0.15) is 17.2 Å². The summed E-state index contributed by atoms with van der Waals surface area (Å²) in [5.74, 6) is -0.245. The molecule has 0 amide bonds. The molecule has 0 radical (unpaired) electrons. The second kappa shape index (κ2) is 6.95. The molecule has 0 spiro atoms. The number of carbonyl (C=O) groups excluding carboxylic acids is 3. The van der Waals surface area contributed by atoms with E-state index in [0.717, 1.165) is 0 Å². The molecule has 0 saturated heterocycles. The van der Waals surface area contributed by atoms with Gasteiger partial charge >= 0.3 is 0 Å². The van der Waals surface area contributed by atoms with Gasteiger partial charge in [-0.2, -0.15) is 0 Å². The minimum atomic E-state index is -0.436. The van der Waals surface area contributed by atoms with E-state index in [4.69, 9.17) is 9.47 Å². The number of carbonyl (C=O) groups is 3. The molecule has 0 N–H and O–H groups in total. The number of fused-ring (bicyclic) bond motifs is 3. The Bertz CT molecular complexity index is 1410. The number of nitrogens with zero attached hydrogens (tertiary/aromatic N) is 1. The molecule has 4 aromatic rings. The molecule has 2 aromatic heterocycles. The molecule has 31 heavy (non-hydrogen) atoms. The van der Waals surface area contributed by atoms with E-state index in [-0.39, 0.29) is 39.5 Å². The van der Waals surface area contributed by atoms with Gasteiger partial charge in [0, 0.05) is 28.4 Å². The molecule has 0 saturated carbocycles. The number of methoxy groups -OCH3 is 2. The highest BCUT2D eigenvalue weighted by atomic mass is 16.5. The molecule has 2 aromatic carbocycles. The summed E-state index contributed by atoms with van der Waals surface area (Å²) in [6.45, 7) is 0. The monoisotopic (exact) mass is 411 g/mol. The lowest BCUT2D eigenvalue weighted by atomic mass is 9.82. The van der Waals surface area contributed by atoms with Crippen molar-refractivity contribution < 1.29 is 23.9 Å². The fourth-order valence-corrected chi connectivity index (χ4v) is 4.09. The van der Waals surface area contributed by atoms with Crippen LogP contribution in [0.15, 0.2) is 66.9 Å². The first-order valence-corrected chi connectivity index (χ1v) is 9.64. The molecule has 152 valence electrons. The van der Waals surface area contributed by atoms with Crippen LogP contribution in [0.5, 0.6) is 11.5 Å². The smallest absolute Gasteiger partial charge is 0.214 e. The predicted molar refractivity (Wildman–Crippen MR) is 114 cm³/mol. The van der Waals surface area contributed by atoms with Crippen LogP contribution in [0.25, 0.3) is 5.52 Å². The highest BCUT2D eigenvalue weighted by molar-refractivity contribution is 6.32. The highest BCUT2D eigenvalue weighted by Crippen LogP contribution is 2.34. The van der Waals surface area contributed by atoms with Crippen molar-refractivity contribution in [2.24, 2.45) is 0 Å². The first-order valence-electron chi connectivity index (χ1n) is 9.64. The third-order valence-corrected chi connectivity index (χ3v) is 5.57. The largest absolute Gasteiger partial charge is 0.497 e. The third kappa shape index (κ3) is 2.69. The van der Waals surface area contributed by atoms with E-state index in [1.165, 1.54) is 14.2 Å². The first kappa shape index (κ1) is 18.8. The van der Waals surface area contributed by atoms with Gasteiger partial charge in [-0.05, 0) is 36.4 Å². The van der Waals surface area contributed by atoms with Crippen molar-refractivity contribution in [1.29, 1.82) is 0 Å². The lowest BCUT2D eigenvalue weighted by Gasteiger charge is -2.21. The quantitative estimate of drug-likeness (QED) is 0.419. The summed E-state index contributed by atoms with van der Waals surface area (Å²) in [6, 6.07) is 16.8. The lowest BCUT2D eigenvalue weighted by Crippen LogP contribution is -2.26. The van der Waals surface area contributed by atoms with Crippen LogP contribution >= 0.6 is 0 Å². The predicted octanol–water partition coefficient (Wildman–Crippen LogP) is 3.96. The van der Waals surface area contributed by atoms with E-state index in [9.17, 15) is 14.4 Å². The Labute approximate surface area is 177 Å². The summed E-state index contributed by atoms with van der Waals surface area (Å²) in [5.41, 5.74) is 1.96. The molecule has 0 bridgehead atoms. The van der Waals surface area contributed by atoms with Crippen molar-refractivity contribution in [1.82, 2.24) is 4.40 Å². The van der Waals surface area contributed by atoms with Gasteiger partial charge in [-0.15, -0.1) is 0 Å². The van der Waals surface area contributed by atoms with Crippen molar-refractivity contribution in [2.75, 3.05) is 14.2 Å². The molecule has 0 atom stereocenters. The Morgan fingerprint density at radius 2 is 1.55 bits per heavy atom. The second-order valence-electron chi connectivity index (χ2n) is 7.18. The fraction of sp³-hybridized carbons (Fsp3) is 0.0800. The average molecular weight is 411 g/mol. The van der Waals surface area contributed by atoms with Gasteiger partial charge in [-0.3, -0.25) is 14.4 Å². The number of hydrogen-bond donors (Lipinski definition) is 0. The molecule has 0 unspecified atom stereocenters. The van der Waals surface area contributed by atoms with Gasteiger partial charge in [0.2, 0.25) is 5.78 Å². The molecule has 6 nitrogen and oxygen atoms in total. The minimum Gasteiger partial charge on any atom is -0.497 e. The summed E-state index contributed by atoms with van der Waals surface area (Å²) in [6.07, 6.45) is 1.70. The molecule has 1 aliphatic rings. The maximum Gasteiger partial charge on any atom is 0.214 e. The van der Waals surface area contributed by atoms with E-state index < -0.39 is 5.78 Å². The molecular weight excluding hydrogens is 394 g/mol. The van der Waals surface area contributed by atoms with Crippen molar-refractivity contribution in [3.8, 4) is 11.5 Å². The molecule has 6 heteroatoms. The summed E-state index contributed by atoms with van der Waals surface area (Å²) < 4.78 is 12.3. The van der Waals surface area contributed by atoms with Crippen LogP contribution in [-0.2, 0) is 0 Å². The first-order chi connectivity index (χ1) is 15.0. The van der Waals surface area contributed by atoms with Gasteiger partial charge in [-0.25, -0.2) is 0 Å². The summed E-state index contributed by atoms with van der Waals surface area (Å²) >= 11 is 0. The molecule has 1 aliphatic carbocycles. The van der Waals surface area contributed by atoms with Gasteiger partial charge < -0.3 is 13.9 Å². The van der Waals surface area contributed by atoms with Gasteiger partial charge in [-0.1, -0.05) is 24.3 Å². The van der Waals surface area contributed by atoms with Crippen LogP contribution in [0.4, 0.5) is 0 Å². The van der Waals surface area contributed by atoms with Crippen LogP contribution in [0.2, 0.25) is 0 Å². The van der Waals surface area contributed by atoms with Gasteiger partial charge in [0.15, 0.2) is 11.6 Å². The number of rotatable bonds is 4. The van der Waals surface area contributed by atoms with Crippen molar-refractivity contribution in [3.05, 3.63) is 100 Å². The van der Waals surface area contributed by atoms with E-state index in [1.54, 1.807) is 71.3 Å². The normalized spacial score (nSPS) is 12.5. The topological polar surface area (TPSA) is 74.1 Å². The zero-order chi connectivity index (χ0) is 21.7. The molecule has 0 aliphatic heterocycles. The number of pyridine rings is 1. The highest BCUT2D eigenvalue weighted by Gasteiger charge is 2.35. The summed E-state index contributed by atoms with van der Waals surface area (Å²) in [5, 5.41) is 0. The van der Waals surface area contributed by atoms with Crippen LogP contribution in [0, 0.1) is 0 Å². The van der Waals surface area contributed by atoms with E-state index in [1.807, 2.05) is 0 Å². The Balaban J connectivity index is 1.83. The van der Waals surface area contributed by atoms with E-state index in [0.29, 0.717) is 22.6 Å². The lowest BCUT2D eigenvalue weighted by molar-refractivity contribution is 0.0968. The van der Waals surface area contributed by atoms with Crippen LogP contribution in [-0.4, -0.2) is 36.0 Å². The van der Waals surface area contributed by atoms with Gasteiger partial charge in [0.05, 0.1) is 25.3 Å². The Morgan fingerprint density at radius 1 is 0.806 bits per heavy atom. The van der Waals surface area contributed by atoms with E-state index >= 15 is 0 Å². The Kier molecular flexibility index (Phi) is 4.22. The maximum atomic E-state index is 13.8. The Hall–Kier alpha value is -4.19. The van der Waals surface area contributed by atoms with Crippen LogP contribution < -0.4 is 9.47 Å². The standard InChI is InChI=1S/C25H17NO5/c1-30-15-9-10-20(31-2)18(13-15)25(29)22-21-19(12-14-6-5-11-26(14)22)23(27)16-7-3-4-8-17(16)24(21)28/h3-13H,1-2H3.